The Balaban J connectivity index is 1.54. The average molecular weight is 325 g/mol. The molecule has 10 heteroatoms. The van der Waals surface area contributed by atoms with Crippen LogP contribution in [0.4, 0.5) is 8.78 Å². The summed E-state index contributed by atoms with van der Waals surface area (Å²) in [6.45, 7) is -0.251. The highest BCUT2D eigenvalue weighted by atomic mass is 32.2. The number of rotatable bonds is 6. The van der Waals surface area contributed by atoms with Crippen molar-refractivity contribution in [3.05, 3.63) is 0 Å². The maximum Gasteiger partial charge on any atom is 0.415 e. The number of hydrogen-bond acceptors (Lipinski definition) is 8. The fourth-order valence-electron chi connectivity index (χ4n) is 3.65. The molecule has 0 aromatic carbocycles. The second-order valence-corrected chi connectivity index (χ2v) is 6.22. The van der Waals surface area contributed by atoms with E-state index in [0.717, 1.165) is 6.42 Å². The van der Waals surface area contributed by atoms with Gasteiger partial charge in [-0.1, -0.05) is 0 Å². The predicted molar refractivity (Wildman–Crippen MR) is 58.7 cm³/mol. The Hall–Kier alpha value is -0.970. The fourth-order valence-corrected chi connectivity index (χ4v) is 3.89. The zero-order valence-corrected chi connectivity index (χ0v) is 11.3. The van der Waals surface area contributed by atoms with Crippen molar-refractivity contribution in [2.75, 3.05) is 6.61 Å². The minimum absolute atomic E-state index is 0.0912. The van der Waals surface area contributed by atoms with Crippen LogP contribution in [0.5, 0.6) is 0 Å². The Kier molecular flexibility index (Phi) is 3.80. The van der Waals surface area contributed by atoms with E-state index >= 15 is 0 Å². The molecule has 2 bridgehead atoms. The third kappa shape index (κ3) is 2.50. The van der Waals surface area contributed by atoms with E-state index in [1.54, 1.807) is 0 Å². The van der Waals surface area contributed by atoms with Crippen molar-refractivity contribution < 1.29 is 42.5 Å². The van der Waals surface area contributed by atoms with Gasteiger partial charge < -0.3 is 14.7 Å². The number of carbonyl (C=O) groups excluding carboxylic acids is 2. The first-order chi connectivity index (χ1) is 9.94. The molecule has 0 radical (unpaired) electrons. The summed E-state index contributed by atoms with van der Waals surface area (Å²) in [6, 6.07) is 0. The van der Waals surface area contributed by atoms with Gasteiger partial charge in [0.2, 0.25) is 0 Å². The van der Waals surface area contributed by atoms with E-state index in [4.69, 9.17) is 4.74 Å². The number of hydrogen-bond donors (Lipinski definition) is 0. The molecule has 0 aromatic rings. The second kappa shape index (κ2) is 5.34. The van der Waals surface area contributed by atoms with Gasteiger partial charge in [-0.25, -0.2) is 4.79 Å². The first-order valence-corrected chi connectivity index (χ1v) is 7.08. The molecule has 7 nitrogen and oxygen atoms in total. The Morgan fingerprint density at radius 3 is 2.95 bits per heavy atom. The number of esters is 2. The lowest BCUT2D eigenvalue weighted by molar-refractivity contribution is -0.777. The highest BCUT2D eigenvalue weighted by Gasteiger charge is 2.62. The number of halogens is 2. The molecular formula is C11H11F2O7S-. The van der Waals surface area contributed by atoms with Crippen LogP contribution in [0.1, 0.15) is 12.8 Å². The molecule has 1 heterocycles. The van der Waals surface area contributed by atoms with Crippen molar-refractivity contribution in [3.63, 3.8) is 0 Å². The van der Waals surface area contributed by atoms with Crippen molar-refractivity contribution in [3.8, 4) is 0 Å². The van der Waals surface area contributed by atoms with Crippen LogP contribution >= 0.6 is 12.0 Å². The molecule has 5 atom stereocenters. The van der Waals surface area contributed by atoms with Crippen molar-refractivity contribution in [1.29, 1.82) is 0 Å². The molecule has 1 aliphatic heterocycles. The summed E-state index contributed by atoms with van der Waals surface area (Å²) in [7, 11) is 0. The topological polar surface area (TPSA) is 94.1 Å². The normalized spacial score (nSPS) is 36.9. The number of carbonyl (C=O) groups is 2. The molecule has 2 aliphatic carbocycles. The molecule has 0 N–H and O–H groups in total. The summed E-state index contributed by atoms with van der Waals surface area (Å²) >= 11 is -0.728. The smallest absolute Gasteiger partial charge is 0.415 e. The molecule has 2 saturated carbocycles. The molecule has 3 rings (SSSR count). The molecule has 1 saturated heterocycles. The molecular weight excluding hydrogens is 314 g/mol. The van der Waals surface area contributed by atoms with Gasteiger partial charge in [-0.2, -0.15) is 13.1 Å². The van der Waals surface area contributed by atoms with Gasteiger partial charge >= 0.3 is 17.2 Å². The molecule has 0 aromatic heterocycles. The van der Waals surface area contributed by atoms with Crippen molar-refractivity contribution in [2.24, 2.45) is 23.7 Å². The second-order valence-electron chi connectivity index (χ2n) is 5.40. The zero-order valence-electron chi connectivity index (χ0n) is 10.5. The van der Waals surface area contributed by atoms with Gasteiger partial charge in [-0.3, -0.25) is 9.83 Å². The first-order valence-electron chi connectivity index (χ1n) is 6.34. The predicted octanol–water partition coefficient (Wildman–Crippen LogP) is 0.192. The highest BCUT2D eigenvalue weighted by molar-refractivity contribution is 7.96. The monoisotopic (exact) mass is 325 g/mol. The van der Waals surface area contributed by atoms with Crippen LogP contribution in [0, 0.1) is 23.7 Å². The Labute approximate surface area is 121 Å². The highest BCUT2D eigenvalue weighted by Crippen LogP contribution is 2.57. The number of ether oxygens (including phenoxy) is 2. The van der Waals surface area contributed by atoms with Gasteiger partial charge in [0, 0.05) is 11.8 Å². The van der Waals surface area contributed by atoms with Gasteiger partial charge in [0.05, 0.1) is 12.5 Å². The maximum atomic E-state index is 13.2. The van der Waals surface area contributed by atoms with Gasteiger partial charge in [-0.05, 0) is 18.8 Å². The van der Waals surface area contributed by atoms with Crippen LogP contribution in [0.15, 0.2) is 0 Å². The fraction of sp³-hybridized carbons (Fsp3) is 0.818. The first kappa shape index (κ1) is 14.9. The summed E-state index contributed by atoms with van der Waals surface area (Å²) in [6.07, 6.45) is 1.10. The summed E-state index contributed by atoms with van der Waals surface area (Å²) in [5, 5.41) is 8.21. The number of alkyl halides is 2. The van der Waals surface area contributed by atoms with Crippen LogP contribution in [0.2, 0.25) is 0 Å². The third-order valence-corrected chi connectivity index (χ3v) is 4.96. The van der Waals surface area contributed by atoms with E-state index < -0.39 is 23.3 Å². The van der Waals surface area contributed by atoms with Crippen LogP contribution in [0.3, 0.4) is 0 Å². The minimum atomic E-state index is -4.04. The summed E-state index contributed by atoms with van der Waals surface area (Å²) in [5.74, 6) is -2.16. The number of fused-ring (bicyclic) bond motifs is 1. The van der Waals surface area contributed by atoms with Gasteiger partial charge in [-0.15, -0.1) is 0 Å². The Morgan fingerprint density at radius 1 is 1.48 bits per heavy atom. The van der Waals surface area contributed by atoms with E-state index in [2.05, 4.69) is 14.1 Å². The Bertz CT molecular complexity index is 460. The third-order valence-electron chi connectivity index (χ3n) is 4.46. The van der Waals surface area contributed by atoms with Crippen molar-refractivity contribution in [1.82, 2.24) is 0 Å². The molecule has 21 heavy (non-hydrogen) atoms. The van der Waals surface area contributed by atoms with E-state index in [1.165, 1.54) is 0 Å². The molecule has 5 unspecified atom stereocenters. The maximum absolute atomic E-state index is 13.2. The van der Waals surface area contributed by atoms with Crippen molar-refractivity contribution >= 4 is 24.0 Å². The van der Waals surface area contributed by atoms with E-state index in [-0.39, 0.29) is 42.4 Å². The van der Waals surface area contributed by atoms with Gasteiger partial charge in [0.15, 0.2) is 0 Å². The Morgan fingerprint density at radius 2 is 2.24 bits per heavy atom. The van der Waals surface area contributed by atoms with E-state index in [9.17, 15) is 23.6 Å². The lowest BCUT2D eigenvalue weighted by Crippen LogP contribution is -2.35. The largest absolute Gasteiger partial charge is 0.691 e. The molecule has 3 fully saturated rings. The quantitative estimate of drug-likeness (QED) is 0.296. The van der Waals surface area contributed by atoms with Crippen LogP contribution in [-0.4, -0.2) is 29.9 Å². The summed E-state index contributed by atoms with van der Waals surface area (Å²) in [5.41, 5.74) is 0. The molecule has 3 aliphatic rings. The van der Waals surface area contributed by atoms with E-state index in [1.807, 2.05) is 0 Å². The minimum Gasteiger partial charge on any atom is -0.691 e. The standard InChI is InChI=1S/C11H12F2O7S/c12-11(13,21-20-19-16)10(15)17-3-7-4-1-5-6(2-4)9(14)18-8(5)7/h4-8,16H,1-3H2/p-1. The van der Waals surface area contributed by atoms with Crippen LogP contribution in [-0.2, 0) is 28.4 Å². The lowest BCUT2D eigenvalue weighted by Gasteiger charge is -2.25. The SMILES string of the molecule is O=C1OC2C(COC(=O)C(F)(F)SOO[O-])C3CC1C2C3. The molecule has 0 spiro atoms. The summed E-state index contributed by atoms with van der Waals surface area (Å²) < 4.78 is 39.6. The van der Waals surface area contributed by atoms with Crippen LogP contribution < -0.4 is 5.26 Å². The summed E-state index contributed by atoms with van der Waals surface area (Å²) in [4.78, 5) is 22.8. The molecule has 0 amide bonds. The van der Waals surface area contributed by atoms with Crippen LogP contribution in [0.25, 0.3) is 0 Å². The van der Waals surface area contributed by atoms with Gasteiger partial charge in [0.1, 0.15) is 18.1 Å². The molecule has 118 valence electrons. The average Bonchev–Trinajstić information content (AvgIpc) is 3.05. The van der Waals surface area contributed by atoms with Gasteiger partial charge in [0.25, 0.3) is 0 Å². The lowest BCUT2D eigenvalue weighted by atomic mass is 9.83. The van der Waals surface area contributed by atoms with E-state index in [0.29, 0.717) is 6.42 Å². The zero-order chi connectivity index (χ0) is 15.2. The van der Waals surface area contributed by atoms with Crippen molar-refractivity contribution in [2.45, 2.75) is 24.2 Å².